The molecule has 1 atom stereocenters. The van der Waals surface area contributed by atoms with Gasteiger partial charge >= 0.3 is 0 Å². The second-order valence-corrected chi connectivity index (χ2v) is 7.66. The third-order valence-electron chi connectivity index (χ3n) is 4.80. The molecule has 2 aromatic rings. The first kappa shape index (κ1) is 22.2. The standard InChI is InChI=1S/C19H29N5OS.HI/c1-15-7-3-4-10-24(15)11-6-9-21-19(20-2)22-13-16-14-25-18(23-16)17-8-5-12-26-17;/h5,8,12,14-15H,3-4,6-7,9-11,13H2,1-2H3,(H2,20,21,22);1H. The van der Waals surface area contributed by atoms with E-state index in [4.69, 9.17) is 4.42 Å². The van der Waals surface area contributed by atoms with Crippen LogP contribution in [0.25, 0.3) is 10.8 Å². The Morgan fingerprint density at radius 3 is 3.04 bits per heavy atom. The average Bonchev–Trinajstić information content (AvgIpc) is 3.34. The van der Waals surface area contributed by atoms with Crippen molar-refractivity contribution in [2.24, 2.45) is 4.99 Å². The van der Waals surface area contributed by atoms with Crippen LogP contribution in [0.3, 0.4) is 0 Å². The van der Waals surface area contributed by atoms with E-state index in [1.807, 2.05) is 17.5 Å². The van der Waals surface area contributed by atoms with Gasteiger partial charge in [-0.1, -0.05) is 12.5 Å². The first-order valence-electron chi connectivity index (χ1n) is 9.43. The van der Waals surface area contributed by atoms with Crippen molar-refractivity contribution in [2.75, 3.05) is 26.7 Å². The van der Waals surface area contributed by atoms with Gasteiger partial charge in [-0.15, -0.1) is 35.3 Å². The molecule has 150 valence electrons. The maximum absolute atomic E-state index is 5.54. The maximum atomic E-state index is 5.54. The molecule has 0 bridgehead atoms. The summed E-state index contributed by atoms with van der Waals surface area (Å²) in [6, 6.07) is 4.74. The summed E-state index contributed by atoms with van der Waals surface area (Å²) in [4.78, 5) is 12.4. The number of piperidine rings is 1. The Kier molecular flexibility index (Phi) is 9.57. The predicted octanol–water partition coefficient (Wildman–Crippen LogP) is 3.95. The number of nitrogens with one attached hydrogen (secondary N) is 2. The van der Waals surface area contributed by atoms with E-state index < -0.39 is 0 Å². The van der Waals surface area contributed by atoms with E-state index in [2.05, 4.69) is 32.4 Å². The Bertz CT molecular complexity index is 688. The number of guanidine groups is 1. The van der Waals surface area contributed by atoms with Gasteiger partial charge in [-0.2, -0.15) is 0 Å². The first-order chi connectivity index (χ1) is 12.8. The zero-order valence-corrected chi connectivity index (χ0v) is 19.3. The fraction of sp³-hybridized carbons (Fsp3) is 0.579. The molecule has 2 aromatic heterocycles. The molecule has 0 aromatic carbocycles. The number of halogens is 1. The lowest BCUT2D eigenvalue weighted by Gasteiger charge is -2.33. The van der Waals surface area contributed by atoms with Gasteiger partial charge < -0.3 is 20.0 Å². The number of hydrogen-bond acceptors (Lipinski definition) is 5. The number of aliphatic imine (C=N–C) groups is 1. The number of likely N-dealkylation sites (tertiary alicyclic amines) is 1. The monoisotopic (exact) mass is 503 g/mol. The van der Waals surface area contributed by atoms with E-state index in [1.165, 1.54) is 25.8 Å². The summed E-state index contributed by atoms with van der Waals surface area (Å²) in [6.45, 7) is 6.25. The minimum atomic E-state index is 0. The van der Waals surface area contributed by atoms with Crippen molar-refractivity contribution in [2.45, 2.75) is 45.2 Å². The van der Waals surface area contributed by atoms with Gasteiger partial charge in [-0.25, -0.2) is 4.98 Å². The minimum Gasteiger partial charge on any atom is -0.443 e. The SMILES string of the molecule is CN=C(NCCCN1CCCCC1C)NCc1coc(-c2cccs2)n1.I. The van der Waals surface area contributed by atoms with E-state index >= 15 is 0 Å². The van der Waals surface area contributed by atoms with Gasteiger partial charge in [0.1, 0.15) is 6.26 Å². The fourth-order valence-electron chi connectivity index (χ4n) is 3.28. The topological polar surface area (TPSA) is 65.7 Å². The van der Waals surface area contributed by atoms with Crippen molar-refractivity contribution in [3.8, 4) is 10.8 Å². The second kappa shape index (κ2) is 11.7. The molecule has 6 nitrogen and oxygen atoms in total. The van der Waals surface area contributed by atoms with Crippen LogP contribution >= 0.6 is 35.3 Å². The summed E-state index contributed by atoms with van der Waals surface area (Å²) in [5.74, 6) is 1.48. The summed E-state index contributed by atoms with van der Waals surface area (Å²) < 4.78 is 5.54. The Morgan fingerprint density at radius 1 is 1.41 bits per heavy atom. The molecule has 8 heteroatoms. The third kappa shape index (κ3) is 6.76. The quantitative estimate of drug-likeness (QED) is 0.259. The third-order valence-corrected chi connectivity index (χ3v) is 5.66. The molecule has 0 saturated carbocycles. The Balaban J connectivity index is 0.00000261. The maximum Gasteiger partial charge on any atom is 0.236 e. The second-order valence-electron chi connectivity index (χ2n) is 6.71. The van der Waals surface area contributed by atoms with Crippen molar-refractivity contribution >= 4 is 41.3 Å². The molecule has 1 saturated heterocycles. The van der Waals surface area contributed by atoms with Crippen LogP contribution in [-0.4, -0.2) is 48.6 Å². The van der Waals surface area contributed by atoms with Crippen molar-refractivity contribution in [3.05, 3.63) is 29.5 Å². The van der Waals surface area contributed by atoms with Crippen molar-refractivity contribution in [1.29, 1.82) is 0 Å². The van der Waals surface area contributed by atoms with Crippen LogP contribution in [0.15, 0.2) is 33.2 Å². The van der Waals surface area contributed by atoms with Gasteiger partial charge in [-0.3, -0.25) is 4.99 Å². The highest BCUT2D eigenvalue weighted by atomic mass is 127. The van der Waals surface area contributed by atoms with Crippen LogP contribution in [0.5, 0.6) is 0 Å². The summed E-state index contributed by atoms with van der Waals surface area (Å²) in [5.41, 5.74) is 0.874. The number of nitrogens with zero attached hydrogens (tertiary/aromatic N) is 3. The molecule has 0 spiro atoms. The normalized spacial score (nSPS) is 18.1. The lowest BCUT2D eigenvalue weighted by molar-refractivity contribution is 0.159. The molecule has 3 heterocycles. The van der Waals surface area contributed by atoms with Crippen molar-refractivity contribution in [1.82, 2.24) is 20.5 Å². The van der Waals surface area contributed by atoms with Crippen LogP contribution in [0.4, 0.5) is 0 Å². The summed E-state index contributed by atoms with van der Waals surface area (Å²) in [6.07, 6.45) is 6.88. The highest BCUT2D eigenvalue weighted by Gasteiger charge is 2.17. The van der Waals surface area contributed by atoms with Gasteiger partial charge in [0.2, 0.25) is 5.89 Å². The smallest absolute Gasteiger partial charge is 0.236 e. The average molecular weight is 503 g/mol. The minimum absolute atomic E-state index is 0. The van der Waals surface area contributed by atoms with E-state index in [9.17, 15) is 0 Å². The van der Waals surface area contributed by atoms with Crippen LogP contribution < -0.4 is 10.6 Å². The van der Waals surface area contributed by atoms with E-state index in [0.29, 0.717) is 12.4 Å². The summed E-state index contributed by atoms with van der Waals surface area (Å²) >= 11 is 1.63. The zero-order chi connectivity index (χ0) is 18.2. The molecular formula is C19H30IN5OS. The van der Waals surface area contributed by atoms with Crippen LogP contribution in [0.1, 0.15) is 38.3 Å². The molecule has 1 aliphatic rings. The highest BCUT2D eigenvalue weighted by molar-refractivity contribution is 14.0. The van der Waals surface area contributed by atoms with E-state index in [-0.39, 0.29) is 24.0 Å². The Hall–Kier alpha value is -1.13. The largest absolute Gasteiger partial charge is 0.443 e. The Labute approximate surface area is 182 Å². The molecule has 0 amide bonds. The molecule has 1 fully saturated rings. The molecule has 1 aliphatic heterocycles. The number of oxazole rings is 1. The molecule has 2 N–H and O–H groups in total. The van der Waals surface area contributed by atoms with Crippen LogP contribution in [0.2, 0.25) is 0 Å². The number of aromatic nitrogens is 1. The zero-order valence-electron chi connectivity index (χ0n) is 16.1. The molecule has 3 rings (SSSR count). The summed E-state index contributed by atoms with van der Waals surface area (Å²) in [5, 5.41) is 8.70. The van der Waals surface area contributed by atoms with Gasteiger partial charge in [0.05, 0.1) is 17.1 Å². The molecule has 0 aliphatic carbocycles. The van der Waals surface area contributed by atoms with Crippen molar-refractivity contribution < 1.29 is 4.42 Å². The van der Waals surface area contributed by atoms with Gasteiger partial charge in [0.15, 0.2) is 5.96 Å². The predicted molar refractivity (Wildman–Crippen MR) is 123 cm³/mol. The lowest BCUT2D eigenvalue weighted by Crippen LogP contribution is -2.41. The first-order valence-corrected chi connectivity index (χ1v) is 10.3. The highest BCUT2D eigenvalue weighted by Crippen LogP contribution is 2.23. The van der Waals surface area contributed by atoms with Crippen molar-refractivity contribution in [3.63, 3.8) is 0 Å². The van der Waals surface area contributed by atoms with E-state index in [1.54, 1.807) is 24.6 Å². The number of rotatable bonds is 7. The fourth-order valence-corrected chi connectivity index (χ4v) is 3.93. The van der Waals surface area contributed by atoms with Crippen LogP contribution in [-0.2, 0) is 6.54 Å². The molecule has 0 radical (unpaired) electrons. The number of hydrogen-bond donors (Lipinski definition) is 2. The number of thiophene rings is 1. The van der Waals surface area contributed by atoms with E-state index in [0.717, 1.165) is 42.1 Å². The summed E-state index contributed by atoms with van der Waals surface area (Å²) in [7, 11) is 1.79. The lowest BCUT2D eigenvalue weighted by atomic mass is 10.0. The molecule has 27 heavy (non-hydrogen) atoms. The van der Waals surface area contributed by atoms with Gasteiger partial charge in [0.25, 0.3) is 0 Å². The Morgan fingerprint density at radius 2 is 2.30 bits per heavy atom. The van der Waals surface area contributed by atoms with Gasteiger partial charge in [-0.05, 0) is 44.2 Å². The van der Waals surface area contributed by atoms with Crippen LogP contribution in [0, 0.1) is 0 Å². The molecule has 1 unspecified atom stereocenters. The molecular weight excluding hydrogens is 473 g/mol. The van der Waals surface area contributed by atoms with Gasteiger partial charge in [0, 0.05) is 26.2 Å².